The number of para-hydroxylation sites is 2. The Bertz CT molecular complexity index is 1490. The summed E-state index contributed by atoms with van der Waals surface area (Å²) in [5, 5.41) is 6.38. The van der Waals surface area contributed by atoms with E-state index in [1.165, 1.54) is 33.4 Å². The van der Waals surface area contributed by atoms with E-state index >= 15 is 0 Å². The van der Waals surface area contributed by atoms with E-state index < -0.39 is 7.36 Å². The Labute approximate surface area is 226 Å². The highest BCUT2D eigenvalue weighted by atomic mass is 31.2. The molecule has 0 amide bonds. The van der Waals surface area contributed by atoms with Crippen molar-refractivity contribution in [1.29, 1.82) is 0 Å². The predicted octanol–water partition coefficient (Wildman–Crippen LogP) is 7.44. The van der Waals surface area contributed by atoms with Crippen LogP contribution in [0, 0.1) is 13.8 Å². The molecule has 3 aliphatic heterocycles. The molecular weight excluding hydrogens is 489 g/mol. The van der Waals surface area contributed by atoms with Gasteiger partial charge in [0.15, 0.2) is 7.36 Å². The van der Waals surface area contributed by atoms with Crippen LogP contribution in [0.25, 0.3) is 0 Å². The van der Waals surface area contributed by atoms with E-state index in [4.69, 9.17) is 14.6 Å². The summed E-state index contributed by atoms with van der Waals surface area (Å²) in [7, 11) is -0.401. The molecule has 1 atom stereocenters. The second-order valence-electron chi connectivity index (χ2n) is 10.8. The second-order valence-corrected chi connectivity index (χ2v) is 13.6. The fourth-order valence-corrected chi connectivity index (χ4v) is 10.0. The second kappa shape index (κ2) is 9.53. The molecule has 0 saturated carbocycles. The van der Waals surface area contributed by atoms with Crippen molar-refractivity contribution in [3.05, 3.63) is 100 Å². The molecule has 0 aromatic heterocycles. The van der Waals surface area contributed by atoms with Crippen LogP contribution < -0.4 is 9.68 Å². The molecule has 6 nitrogen and oxygen atoms in total. The third-order valence-corrected chi connectivity index (χ3v) is 11.5. The SMILES string of the molecule is Cc1ccc(N=P2(N3CCOCC3)/C(=C3/N(C)c4ccccc4C3(C)C)C=NN2c2ccccc2)c(C)c1. The molecule has 0 N–H and O–H groups in total. The lowest BCUT2D eigenvalue weighted by Gasteiger charge is -2.43. The van der Waals surface area contributed by atoms with Crippen molar-refractivity contribution in [3.63, 3.8) is 0 Å². The highest BCUT2D eigenvalue weighted by Gasteiger charge is 2.50. The first-order valence-electron chi connectivity index (χ1n) is 13.3. The normalized spacial score (nSPS) is 24.7. The number of nitrogens with zero attached hydrogens (tertiary/aromatic N) is 5. The standard InChI is InChI=1S/C31H36N5OP/c1-23-15-16-27(24(2)21-23)33-38(35-17-19-37-20-18-35)29(22-32-36(38)25-11-7-6-8-12-25)30-31(3,4)26-13-9-10-14-28(26)34(30)5/h6-16,21-22H,17-20H2,1-5H3/b30-29+. The molecule has 3 aliphatic rings. The Hall–Kier alpha value is -3.18. The van der Waals surface area contributed by atoms with Gasteiger partial charge in [0.05, 0.1) is 36.1 Å². The van der Waals surface area contributed by atoms with Gasteiger partial charge in [-0.1, -0.05) is 67.9 Å². The van der Waals surface area contributed by atoms with Gasteiger partial charge in [-0.15, -0.1) is 0 Å². The van der Waals surface area contributed by atoms with Gasteiger partial charge in [0.1, 0.15) is 0 Å². The number of morpholine rings is 1. The topological polar surface area (TPSA) is 43.7 Å². The number of hydrogen-bond acceptors (Lipinski definition) is 4. The monoisotopic (exact) mass is 525 g/mol. The van der Waals surface area contributed by atoms with Gasteiger partial charge in [-0.25, -0.2) is 14.2 Å². The van der Waals surface area contributed by atoms with Gasteiger partial charge in [0.2, 0.25) is 0 Å². The number of ether oxygens (including phenoxy) is 1. The van der Waals surface area contributed by atoms with Gasteiger partial charge in [-0.2, -0.15) is 5.10 Å². The van der Waals surface area contributed by atoms with Crippen LogP contribution in [0.5, 0.6) is 0 Å². The third-order valence-electron chi connectivity index (χ3n) is 7.95. The van der Waals surface area contributed by atoms with Crippen molar-refractivity contribution in [1.82, 2.24) is 4.67 Å². The first-order chi connectivity index (χ1) is 18.3. The average Bonchev–Trinajstić information content (AvgIpc) is 3.39. The third kappa shape index (κ3) is 3.86. The molecule has 6 rings (SSSR count). The summed E-state index contributed by atoms with van der Waals surface area (Å²) >= 11 is 0. The summed E-state index contributed by atoms with van der Waals surface area (Å²) < 4.78 is 16.4. The quantitative estimate of drug-likeness (QED) is 0.333. The number of rotatable bonds is 3. The lowest BCUT2D eigenvalue weighted by atomic mass is 9.84. The smallest absolute Gasteiger partial charge is 0.180 e. The largest absolute Gasteiger partial charge is 0.379 e. The van der Waals surface area contributed by atoms with E-state index in [1.807, 2.05) is 0 Å². The maximum absolute atomic E-state index is 5.86. The van der Waals surface area contributed by atoms with E-state index in [9.17, 15) is 0 Å². The van der Waals surface area contributed by atoms with Crippen molar-refractivity contribution < 1.29 is 4.74 Å². The molecule has 1 fully saturated rings. The Morgan fingerprint density at radius 1 is 0.921 bits per heavy atom. The van der Waals surface area contributed by atoms with E-state index in [1.54, 1.807) is 0 Å². The zero-order chi connectivity index (χ0) is 26.5. The minimum Gasteiger partial charge on any atom is -0.379 e. The van der Waals surface area contributed by atoms with Gasteiger partial charge >= 0.3 is 0 Å². The van der Waals surface area contributed by atoms with Crippen molar-refractivity contribution in [2.24, 2.45) is 9.85 Å². The van der Waals surface area contributed by atoms with Crippen LogP contribution in [0.1, 0.15) is 30.5 Å². The molecule has 0 aliphatic carbocycles. The summed E-state index contributed by atoms with van der Waals surface area (Å²) in [5.41, 5.74) is 8.17. The molecule has 38 heavy (non-hydrogen) atoms. The molecular formula is C31H36N5OP. The summed E-state index contributed by atoms with van der Waals surface area (Å²) in [5.74, 6) is 0. The zero-order valence-corrected chi connectivity index (χ0v) is 23.8. The van der Waals surface area contributed by atoms with Crippen molar-refractivity contribution in [2.45, 2.75) is 33.1 Å². The molecule has 0 bridgehead atoms. The van der Waals surface area contributed by atoms with Gasteiger partial charge in [-0.3, -0.25) is 0 Å². The predicted molar refractivity (Wildman–Crippen MR) is 160 cm³/mol. The van der Waals surface area contributed by atoms with Crippen LogP contribution in [0.3, 0.4) is 0 Å². The van der Waals surface area contributed by atoms with Gasteiger partial charge in [0.25, 0.3) is 0 Å². The number of fused-ring (bicyclic) bond motifs is 1. The molecule has 1 unspecified atom stereocenters. The highest BCUT2D eigenvalue weighted by Crippen LogP contribution is 2.70. The number of aryl methyl sites for hydroxylation is 2. The number of hydrogen-bond donors (Lipinski definition) is 0. The van der Waals surface area contributed by atoms with E-state index in [0.717, 1.165) is 24.5 Å². The molecule has 0 radical (unpaired) electrons. The number of hydrazone groups is 1. The van der Waals surface area contributed by atoms with Gasteiger partial charge < -0.3 is 9.64 Å². The fourth-order valence-electron chi connectivity index (χ4n) is 6.14. The van der Waals surface area contributed by atoms with E-state index in [-0.39, 0.29) is 5.41 Å². The van der Waals surface area contributed by atoms with Crippen LogP contribution >= 0.6 is 7.36 Å². The summed E-state index contributed by atoms with van der Waals surface area (Å²) in [6.07, 6.45) is 2.10. The van der Waals surface area contributed by atoms with Crippen molar-refractivity contribution in [2.75, 3.05) is 43.0 Å². The Balaban J connectivity index is 1.70. The van der Waals surface area contributed by atoms with Crippen LogP contribution in [0.15, 0.2) is 93.7 Å². The molecule has 196 valence electrons. The van der Waals surface area contributed by atoms with E-state index in [0.29, 0.717) is 13.2 Å². The first-order valence-corrected chi connectivity index (χ1v) is 15.0. The van der Waals surface area contributed by atoms with Gasteiger partial charge in [-0.05, 0) is 49.2 Å². The maximum Gasteiger partial charge on any atom is 0.180 e. The maximum atomic E-state index is 5.86. The minimum atomic E-state index is -2.60. The molecule has 3 heterocycles. The summed E-state index contributed by atoms with van der Waals surface area (Å²) in [4.78, 5) is 2.37. The van der Waals surface area contributed by atoms with Crippen LogP contribution in [0.2, 0.25) is 0 Å². The molecule has 7 heteroatoms. The molecule has 1 saturated heterocycles. The molecule has 3 aromatic carbocycles. The first kappa shape index (κ1) is 25.1. The fraction of sp³-hybridized carbons (Fsp3) is 0.323. The number of allylic oxidation sites excluding steroid dienone is 2. The Morgan fingerprint density at radius 2 is 1.63 bits per heavy atom. The molecule has 0 spiro atoms. The van der Waals surface area contributed by atoms with Crippen molar-refractivity contribution >= 4 is 30.6 Å². The highest BCUT2D eigenvalue weighted by molar-refractivity contribution is 7.71. The summed E-state index contributed by atoms with van der Waals surface area (Å²) in [6, 6.07) is 25.9. The Kier molecular flexibility index (Phi) is 6.30. The zero-order valence-electron chi connectivity index (χ0n) is 22.9. The van der Waals surface area contributed by atoms with Crippen LogP contribution in [-0.2, 0) is 10.2 Å². The lowest BCUT2D eigenvalue weighted by molar-refractivity contribution is 0.0743. The van der Waals surface area contributed by atoms with Crippen LogP contribution in [0.4, 0.5) is 17.1 Å². The minimum absolute atomic E-state index is 0.200. The van der Waals surface area contributed by atoms with E-state index in [2.05, 4.69) is 128 Å². The summed E-state index contributed by atoms with van der Waals surface area (Å²) in [6.45, 7) is 12.0. The average molecular weight is 526 g/mol. The lowest BCUT2D eigenvalue weighted by Crippen LogP contribution is -2.38. The number of benzene rings is 3. The molecule has 3 aromatic rings. The van der Waals surface area contributed by atoms with Crippen molar-refractivity contribution in [3.8, 4) is 0 Å². The van der Waals surface area contributed by atoms with Crippen LogP contribution in [-0.4, -0.2) is 44.2 Å². The van der Waals surface area contributed by atoms with Gasteiger partial charge in [0, 0.05) is 36.9 Å². The number of likely N-dealkylation sites (N-methyl/N-ethyl adjacent to an activating group) is 1. The Morgan fingerprint density at radius 3 is 2.34 bits per heavy atom. The number of anilines is 2.